The Balaban J connectivity index is 2.36. The van der Waals surface area contributed by atoms with Crippen molar-refractivity contribution in [3.63, 3.8) is 0 Å². The minimum atomic E-state index is -1.16. The van der Waals surface area contributed by atoms with E-state index in [4.69, 9.17) is 5.11 Å². The van der Waals surface area contributed by atoms with Crippen molar-refractivity contribution in [2.24, 2.45) is 0 Å². The number of anilines is 1. The van der Waals surface area contributed by atoms with Gasteiger partial charge in [0.2, 0.25) is 5.91 Å². The molecule has 3 amide bonds. The van der Waals surface area contributed by atoms with Crippen molar-refractivity contribution in [2.45, 2.75) is 12.5 Å². The Bertz CT molecular complexity index is 516. The zero-order valence-corrected chi connectivity index (χ0v) is 11.3. The Labute approximate surface area is 122 Å². The van der Waals surface area contributed by atoms with Crippen LogP contribution in [0.25, 0.3) is 0 Å². The number of urea groups is 1. The van der Waals surface area contributed by atoms with Crippen molar-refractivity contribution in [3.05, 3.63) is 43.0 Å². The van der Waals surface area contributed by atoms with Gasteiger partial charge in [0, 0.05) is 5.69 Å². The molecule has 112 valence electrons. The predicted molar refractivity (Wildman–Crippen MR) is 77.8 cm³/mol. The van der Waals surface area contributed by atoms with Gasteiger partial charge in [0.15, 0.2) is 0 Å². The first-order chi connectivity index (χ1) is 10.0. The lowest BCUT2D eigenvalue weighted by molar-refractivity contribution is -0.141. The van der Waals surface area contributed by atoms with Gasteiger partial charge < -0.3 is 21.1 Å². The van der Waals surface area contributed by atoms with E-state index < -0.39 is 23.9 Å². The van der Waals surface area contributed by atoms with E-state index in [-0.39, 0.29) is 13.0 Å². The van der Waals surface area contributed by atoms with E-state index in [0.717, 1.165) is 0 Å². The molecule has 1 rings (SSSR count). The second-order valence-electron chi connectivity index (χ2n) is 4.16. The highest BCUT2D eigenvalue weighted by Gasteiger charge is 2.18. The maximum Gasteiger partial charge on any atom is 0.326 e. The van der Waals surface area contributed by atoms with Crippen LogP contribution in [-0.2, 0) is 9.59 Å². The number of carboxylic acid groups (broad SMARTS) is 1. The number of hydrogen-bond donors (Lipinski definition) is 4. The molecule has 4 N–H and O–H groups in total. The molecule has 7 nitrogen and oxygen atoms in total. The number of nitrogens with one attached hydrogen (secondary N) is 3. The molecular weight excluding hydrogens is 274 g/mol. The van der Waals surface area contributed by atoms with Crippen LogP contribution in [0.3, 0.4) is 0 Å². The van der Waals surface area contributed by atoms with Gasteiger partial charge in [-0.05, 0) is 18.6 Å². The van der Waals surface area contributed by atoms with Crippen molar-refractivity contribution >= 4 is 23.6 Å². The van der Waals surface area contributed by atoms with E-state index in [1.54, 1.807) is 24.3 Å². The molecule has 0 saturated carbocycles. The third-order valence-corrected chi connectivity index (χ3v) is 2.48. The maximum absolute atomic E-state index is 11.5. The van der Waals surface area contributed by atoms with Gasteiger partial charge in [-0.2, -0.15) is 0 Å². The molecule has 1 aromatic carbocycles. The van der Waals surface area contributed by atoms with Crippen LogP contribution in [0.5, 0.6) is 0 Å². The molecule has 0 aliphatic rings. The van der Waals surface area contributed by atoms with Gasteiger partial charge in [-0.1, -0.05) is 24.3 Å². The van der Waals surface area contributed by atoms with Crippen LogP contribution in [0.4, 0.5) is 10.5 Å². The number of carbonyl (C=O) groups excluding carboxylic acids is 2. The molecule has 0 saturated heterocycles. The zero-order chi connectivity index (χ0) is 15.7. The molecule has 0 aromatic heterocycles. The summed E-state index contributed by atoms with van der Waals surface area (Å²) in [4.78, 5) is 33.9. The summed E-state index contributed by atoms with van der Waals surface area (Å²) in [6, 6.07) is 7.13. The van der Waals surface area contributed by atoms with Gasteiger partial charge >= 0.3 is 12.0 Å². The second kappa shape index (κ2) is 8.36. The van der Waals surface area contributed by atoms with E-state index in [0.29, 0.717) is 5.69 Å². The topological polar surface area (TPSA) is 108 Å². The first-order valence-corrected chi connectivity index (χ1v) is 6.26. The van der Waals surface area contributed by atoms with Crippen LogP contribution in [0.2, 0.25) is 0 Å². The molecule has 0 bridgehead atoms. The monoisotopic (exact) mass is 291 g/mol. The Morgan fingerprint density at radius 3 is 2.48 bits per heavy atom. The van der Waals surface area contributed by atoms with Crippen molar-refractivity contribution in [1.29, 1.82) is 0 Å². The summed E-state index contributed by atoms with van der Waals surface area (Å²) in [6.07, 6.45) is 1.51. The number of amides is 3. The summed E-state index contributed by atoms with van der Waals surface area (Å²) in [7, 11) is 0. The molecule has 0 aliphatic carbocycles. The Kier molecular flexibility index (Phi) is 6.46. The van der Waals surface area contributed by atoms with Crippen molar-refractivity contribution in [3.8, 4) is 0 Å². The number of rotatable bonds is 7. The number of carboxylic acids is 1. The highest BCUT2D eigenvalue weighted by atomic mass is 16.4. The molecule has 7 heteroatoms. The predicted octanol–water partition coefficient (Wildman–Crippen LogP) is 0.954. The van der Waals surface area contributed by atoms with E-state index in [2.05, 4.69) is 22.5 Å². The summed E-state index contributed by atoms with van der Waals surface area (Å²) >= 11 is 0. The summed E-state index contributed by atoms with van der Waals surface area (Å²) in [5.74, 6) is -1.75. The molecule has 0 aliphatic heterocycles. The molecule has 1 unspecified atom stereocenters. The van der Waals surface area contributed by atoms with Crippen LogP contribution in [0.1, 0.15) is 6.42 Å². The molecule has 0 radical (unpaired) electrons. The average Bonchev–Trinajstić information content (AvgIpc) is 2.45. The van der Waals surface area contributed by atoms with Crippen LogP contribution in [0, 0.1) is 0 Å². The van der Waals surface area contributed by atoms with Crippen LogP contribution >= 0.6 is 0 Å². The first-order valence-electron chi connectivity index (χ1n) is 6.26. The van der Waals surface area contributed by atoms with Crippen LogP contribution in [0.15, 0.2) is 43.0 Å². The minimum absolute atomic E-state index is 0.108. The largest absolute Gasteiger partial charge is 0.480 e. The zero-order valence-electron chi connectivity index (χ0n) is 11.3. The minimum Gasteiger partial charge on any atom is -0.480 e. The van der Waals surface area contributed by atoms with Gasteiger partial charge in [-0.3, -0.25) is 4.79 Å². The Morgan fingerprint density at radius 1 is 1.24 bits per heavy atom. The fraction of sp³-hybridized carbons (Fsp3) is 0.214. The fourth-order valence-corrected chi connectivity index (χ4v) is 1.49. The lowest BCUT2D eigenvalue weighted by Gasteiger charge is -2.13. The summed E-state index contributed by atoms with van der Waals surface area (Å²) in [6.45, 7) is 3.10. The van der Waals surface area contributed by atoms with Crippen molar-refractivity contribution < 1.29 is 19.5 Å². The molecular formula is C14H17N3O4. The molecule has 0 spiro atoms. The highest BCUT2D eigenvalue weighted by Crippen LogP contribution is 2.03. The normalized spacial score (nSPS) is 11.0. The van der Waals surface area contributed by atoms with E-state index in [1.165, 1.54) is 6.08 Å². The van der Waals surface area contributed by atoms with Crippen LogP contribution in [-0.4, -0.2) is 35.6 Å². The maximum atomic E-state index is 11.5. The first kappa shape index (κ1) is 16.2. The molecule has 1 atom stereocenters. The van der Waals surface area contributed by atoms with Gasteiger partial charge in [-0.15, -0.1) is 6.58 Å². The number of benzene rings is 1. The second-order valence-corrected chi connectivity index (χ2v) is 4.16. The van der Waals surface area contributed by atoms with Crippen molar-refractivity contribution in [1.82, 2.24) is 10.6 Å². The van der Waals surface area contributed by atoms with Crippen molar-refractivity contribution in [2.75, 3.05) is 11.9 Å². The number of carbonyl (C=O) groups is 3. The highest BCUT2D eigenvalue weighted by molar-refractivity contribution is 5.93. The Morgan fingerprint density at radius 2 is 1.90 bits per heavy atom. The number of aliphatic carboxylic acids is 1. The quantitative estimate of drug-likeness (QED) is 0.561. The molecule has 21 heavy (non-hydrogen) atoms. The number of hydrogen-bond acceptors (Lipinski definition) is 3. The smallest absolute Gasteiger partial charge is 0.326 e. The third kappa shape index (κ3) is 6.24. The molecule has 0 heterocycles. The SMILES string of the molecule is C=CCC(NC(=O)CNC(=O)Nc1ccccc1)C(=O)O. The van der Waals surface area contributed by atoms with Gasteiger partial charge in [0.05, 0.1) is 6.54 Å². The summed E-state index contributed by atoms with van der Waals surface area (Å²) in [5, 5.41) is 16.0. The van der Waals surface area contributed by atoms with Gasteiger partial charge in [-0.25, -0.2) is 9.59 Å². The average molecular weight is 291 g/mol. The Hall–Kier alpha value is -2.83. The molecule has 1 aromatic rings. The summed E-state index contributed by atoms with van der Waals surface area (Å²) < 4.78 is 0. The third-order valence-electron chi connectivity index (χ3n) is 2.48. The van der Waals surface area contributed by atoms with E-state index >= 15 is 0 Å². The summed E-state index contributed by atoms with van der Waals surface area (Å²) in [5.41, 5.74) is 0.588. The lowest BCUT2D eigenvalue weighted by Crippen LogP contribution is -2.45. The molecule has 0 fully saturated rings. The van der Waals surface area contributed by atoms with Gasteiger partial charge in [0.25, 0.3) is 0 Å². The fourth-order valence-electron chi connectivity index (χ4n) is 1.49. The standard InChI is InChI=1S/C14H17N3O4/c1-2-6-11(13(19)20)17-12(18)9-15-14(21)16-10-7-4-3-5-8-10/h2-5,7-8,11H,1,6,9H2,(H,17,18)(H,19,20)(H2,15,16,21). The van der Waals surface area contributed by atoms with Gasteiger partial charge in [0.1, 0.15) is 6.04 Å². The lowest BCUT2D eigenvalue weighted by atomic mass is 10.2. The van der Waals surface area contributed by atoms with Crippen LogP contribution < -0.4 is 16.0 Å². The van der Waals surface area contributed by atoms with E-state index in [9.17, 15) is 14.4 Å². The number of para-hydroxylation sites is 1. The van der Waals surface area contributed by atoms with E-state index in [1.807, 2.05) is 6.07 Å².